The lowest BCUT2D eigenvalue weighted by atomic mass is 9.88. The zero-order valence-electron chi connectivity index (χ0n) is 38.9. The maximum absolute atomic E-state index is 14.7. The minimum atomic E-state index is -5.16. The van der Waals surface area contributed by atoms with Crippen LogP contribution in [-0.4, -0.2) is 72.1 Å². The van der Waals surface area contributed by atoms with E-state index in [1.807, 2.05) is 52.8 Å². The standard InChI is InChI=1S/C50H68F6O8/c1-35(2)21-20-34-46(8,60)42(64-44(58)48(62-10,50(54,55)56)40-28-15-12-16-29-40)33-31-37(4)23-18-17-22-36(3)24-19-25-38(5)30-32-41(45(6,7)59)63-43(57)47(61-9,49(51,52)53)39-26-13-11-14-27-39/h11-16,21-23,25-29,41-42,59-60H,17-20,24,30-34H2,1-10H3/b36-22+,37-23+,38-25+/t41-,42-,46+,47-,48-/m1/s1. The number of allylic oxidation sites excluding steroid dienone is 8. The van der Waals surface area contributed by atoms with Crippen molar-refractivity contribution in [3.63, 3.8) is 0 Å². The molecule has 14 heteroatoms. The van der Waals surface area contributed by atoms with Crippen molar-refractivity contribution in [1.29, 1.82) is 0 Å². The van der Waals surface area contributed by atoms with Crippen LogP contribution in [-0.2, 0) is 39.7 Å². The molecule has 0 saturated heterocycles. The maximum Gasteiger partial charge on any atom is 0.432 e. The molecule has 0 amide bonds. The monoisotopic (exact) mass is 910 g/mol. The topological polar surface area (TPSA) is 112 Å². The van der Waals surface area contributed by atoms with Gasteiger partial charge >= 0.3 is 24.3 Å². The first kappa shape index (κ1) is 55.9. The molecule has 0 spiro atoms. The number of carbonyl (C=O) groups excluding carboxylic acids is 2. The van der Waals surface area contributed by atoms with E-state index in [9.17, 15) is 46.1 Å². The van der Waals surface area contributed by atoms with Crippen molar-refractivity contribution in [3.05, 3.63) is 118 Å². The summed E-state index contributed by atoms with van der Waals surface area (Å²) in [5, 5.41) is 22.3. The molecule has 358 valence electrons. The molecule has 0 heterocycles. The van der Waals surface area contributed by atoms with Crippen molar-refractivity contribution in [2.24, 2.45) is 0 Å². The molecule has 0 saturated carbocycles. The Balaban J connectivity index is 2.07. The third kappa shape index (κ3) is 15.4. The molecular formula is C50H68F6O8. The smallest absolute Gasteiger partial charge is 0.432 e. The van der Waals surface area contributed by atoms with E-state index in [4.69, 9.17) is 18.9 Å². The number of halogens is 6. The molecule has 0 bridgehead atoms. The van der Waals surface area contributed by atoms with Gasteiger partial charge in [0.2, 0.25) is 0 Å². The third-order valence-corrected chi connectivity index (χ3v) is 11.3. The first-order chi connectivity index (χ1) is 29.7. The lowest BCUT2D eigenvalue weighted by Gasteiger charge is -2.37. The SMILES string of the molecule is CO[C@@](C(=O)O[C@H](CC/C(C)=C/CC/C(C)=C/CC/C=C(\C)CC[C@@H](OC(=O)[C@](OC)(c1ccccc1)C(F)(F)F)[C@@](C)(O)CCC=C(C)C)C(C)(C)O)(c1ccccc1)C(F)(F)F. The van der Waals surface area contributed by atoms with Crippen LogP contribution in [0.5, 0.6) is 0 Å². The summed E-state index contributed by atoms with van der Waals surface area (Å²) in [5.41, 5.74) is -7.03. The summed E-state index contributed by atoms with van der Waals surface area (Å²) in [5.74, 6) is -3.32. The number of aliphatic hydroxyl groups is 2. The minimum Gasteiger partial charge on any atom is -0.457 e. The molecule has 2 rings (SSSR count). The van der Waals surface area contributed by atoms with Gasteiger partial charge < -0.3 is 29.2 Å². The number of ether oxygens (including phenoxy) is 4. The number of esters is 2. The summed E-state index contributed by atoms with van der Waals surface area (Å²) in [6, 6.07) is 13.0. The van der Waals surface area contributed by atoms with E-state index in [-0.39, 0.29) is 19.3 Å². The Morgan fingerprint density at radius 1 is 0.562 bits per heavy atom. The zero-order chi connectivity index (χ0) is 48.6. The minimum absolute atomic E-state index is 0.0658. The maximum atomic E-state index is 14.7. The van der Waals surface area contributed by atoms with Crippen LogP contribution in [0.1, 0.15) is 131 Å². The second kappa shape index (κ2) is 24.3. The van der Waals surface area contributed by atoms with E-state index in [0.29, 0.717) is 38.5 Å². The second-order valence-electron chi connectivity index (χ2n) is 17.5. The van der Waals surface area contributed by atoms with Gasteiger partial charge in [-0.3, -0.25) is 0 Å². The van der Waals surface area contributed by atoms with E-state index in [1.165, 1.54) is 57.2 Å². The summed E-state index contributed by atoms with van der Waals surface area (Å²) < 4.78 is 108. The van der Waals surface area contributed by atoms with E-state index < -0.39 is 70.0 Å². The summed E-state index contributed by atoms with van der Waals surface area (Å²) >= 11 is 0. The highest BCUT2D eigenvalue weighted by Gasteiger charge is 2.65. The molecule has 2 N–H and O–H groups in total. The van der Waals surface area contributed by atoms with Crippen molar-refractivity contribution < 1.29 is 65.1 Å². The van der Waals surface area contributed by atoms with Crippen molar-refractivity contribution in [3.8, 4) is 0 Å². The fourth-order valence-electron chi connectivity index (χ4n) is 7.30. The average Bonchev–Trinajstić information content (AvgIpc) is 3.19. The Bertz CT molecular complexity index is 1890. The fraction of sp³-hybridized carbons (Fsp3) is 0.560. The van der Waals surface area contributed by atoms with Crippen molar-refractivity contribution >= 4 is 11.9 Å². The number of alkyl halides is 6. The summed E-state index contributed by atoms with van der Waals surface area (Å²) in [7, 11) is 1.59. The molecule has 64 heavy (non-hydrogen) atoms. The van der Waals surface area contributed by atoms with Gasteiger partial charge in [-0.15, -0.1) is 0 Å². The van der Waals surface area contributed by atoms with Gasteiger partial charge in [-0.2, -0.15) is 26.3 Å². The molecule has 8 nitrogen and oxygen atoms in total. The van der Waals surface area contributed by atoms with Crippen LogP contribution in [0.2, 0.25) is 0 Å². The predicted molar refractivity (Wildman–Crippen MR) is 236 cm³/mol. The Hall–Kier alpha value is -4.24. The summed E-state index contributed by atoms with van der Waals surface area (Å²) in [6.07, 6.45) is -0.745. The van der Waals surface area contributed by atoms with Gasteiger partial charge in [-0.1, -0.05) is 107 Å². The highest BCUT2D eigenvalue weighted by molar-refractivity contribution is 5.83. The number of hydrogen-bond donors (Lipinski definition) is 2. The first-order valence-corrected chi connectivity index (χ1v) is 21.5. The molecule has 0 radical (unpaired) electrons. The lowest BCUT2D eigenvalue weighted by molar-refractivity contribution is -0.281. The van der Waals surface area contributed by atoms with Gasteiger partial charge in [0.15, 0.2) is 0 Å². The summed E-state index contributed by atoms with van der Waals surface area (Å²) in [6.45, 7) is 13.7. The molecule has 0 fully saturated rings. The van der Waals surface area contributed by atoms with Crippen molar-refractivity contribution in [2.45, 2.75) is 167 Å². The van der Waals surface area contributed by atoms with Crippen molar-refractivity contribution in [2.75, 3.05) is 14.2 Å². The highest BCUT2D eigenvalue weighted by Crippen LogP contribution is 2.45. The number of unbranched alkanes of at least 4 members (excludes halogenated alkanes) is 1. The Labute approximate surface area is 375 Å². The Morgan fingerprint density at radius 2 is 0.938 bits per heavy atom. The zero-order valence-corrected chi connectivity index (χ0v) is 38.9. The van der Waals surface area contributed by atoms with E-state index >= 15 is 0 Å². The van der Waals surface area contributed by atoms with Crippen LogP contribution < -0.4 is 0 Å². The van der Waals surface area contributed by atoms with Crippen LogP contribution >= 0.6 is 0 Å². The van der Waals surface area contributed by atoms with Gasteiger partial charge in [0.25, 0.3) is 11.2 Å². The van der Waals surface area contributed by atoms with Gasteiger partial charge in [-0.25, -0.2) is 9.59 Å². The Morgan fingerprint density at radius 3 is 1.31 bits per heavy atom. The fourth-order valence-corrected chi connectivity index (χ4v) is 7.30. The second-order valence-corrected chi connectivity index (χ2v) is 17.5. The quantitative estimate of drug-likeness (QED) is 0.0438. The van der Waals surface area contributed by atoms with E-state index in [1.54, 1.807) is 0 Å². The largest absolute Gasteiger partial charge is 0.457 e. The van der Waals surface area contributed by atoms with E-state index in [2.05, 4.69) is 6.08 Å². The first-order valence-electron chi connectivity index (χ1n) is 21.5. The van der Waals surface area contributed by atoms with Crippen LogP contribution in [0.4, 0.5) is 26.3 Å². The van der Waals surface area contributed by atoms with E-state index in [0.717, 1.165) is 67.2 Å². The highest BCUT2D eigenvalue weighted by atomic mass is 19.4. The molecule has 0 aromatic heterocycles. The predicted octanol–water partition coefficient (Wildman–Crippen LogP) is 12.2. The summed E-state index contributed by atoms with van der Waals surface area (Å²) in [4.78, 5) is 26.8. The van der Waals surface area contributed by atoms with Crippen LogP contribution in [0, 0.1) is 0 Å². The molecule has 2 aromatic rings. The number of benzene rings is 2. The van der Waals surface area contributed by atoms with Crippen LogP contribution in [0.15, 0.2) is 107 Å². The normalized spacial score (nSPS) is 17.1. The average molecular weight is 911 g/mol. The number of hydrogen-bond acceptors (Lipinski definition) is 8. The van der Waals surface area contributed by atoms with Crippen molar-refractivity contribution in [1.82, 2.24) is 0 Å². The Kier molecular flexibility index (Phi) is 21.2. The number of methoxy groups -OCH3 is 2. The third-order valence-electron chi connectivity index (χ3n) is 11.3. The van der Waals surface area contributed by atoms with Gasteiger partial charge in [0, 0.05) is 25.3 Å². The molecule has 5 atom stereocenters. The molecule has 0 unspecified atom stereocenters. The molecule has 2 aromatic carbocycles. The van der Waals surface area contributed by atoms with Gasteiger partial charge in [0.05, 0.1) is 11.2 Å². The van der Waals surface area contributed by atoms with Crippen LogP contribution in [0.25, 0.3) is 0 Å². The van der Waals surface area contributed by atoms with Crippen LogP contribution in [0.3, 0.4) is 0 Å². The molecular weight excluding hydrogens is 843 g/mol. The van der Waals surface area contributed by atoms with Gasteiger partial charge in [-0.05, 0) is 120 Å². The molecule has 0 aliphatic rings. The molecule has 0 aliphatic carbocycles. The molecule has 0 aliphatic heterocycles. The lowest BCUT2D eigenvalue weighted by Crippen LogP contribution is -2.54. The van der Waals surface area contributed by atoms with Gasteiger partial charge in [0.1, 0.15) is 12.2 Å². The number of carbonyl (C=O) groups is 2. The number of rotatable bonds is 25.